The van der Waals surface area contributed by atoms with Crippen molar-refractivity contribution >= 4 is 43.7 Å². The molecular weight excluding hydrogens is 540 g/mol. The van der Waals surface area contributed by atoms with Crippen molar-refractivity contribution in [1.29, 1.82) is 0 Å². The van der Waals surface area contributed by atoms with Crippen molar-refractivity contribution in [2.75, 3.05) is 0 Å². The van der Waals surface area contributed by atoms with Gasteiger partial charge in [-0.05, 0) is 48.4 Å². The molecule has 0 fully saturated rings. The van der Waals surface area contributed by atoms with E-state index in [-0.39, 0.29) is 44.8 Å². The fourth-order valence-electron chi connectivity index (χ4n) is 5.45. The number of rotatable bonds is 4. The molecule has 9 aromatic rings. The van der Waals surface area contributed by atoms with Crippen LogP contribution >= 0.6 is 0 Å². The number of hydrogen-bond donors (Lipinski definition) is 0. The Morgan fingerprint density at radius 3 is 2.11 bits per heavy atom. The van der Waals surface area contributed by atoms with Crippen LogP contribution in [0.2, 0.25) is 0 Å². The van der Waals surface area contributed by atoms with E-state index in [1.165, 1.54) is 0 Å². The van der Waals surface area contributed by atoms with Crippen molar-refractivity contribution in [3.8, 4) is 39.9 Å². The normalized spacial score (nSPS) is 15.5. The molecule has 0 atom stereocenters. The lowest BCUT2D eigenvalue weighted by Crippen LogP contribution is -2.00. The van der Waals surface area contributed by atoms with Crippen molar-refractivity contribution in [1.82, 2.24) is 19.5 Å². The summed E-state index contributed by atoms with van der Waals surface area (Å²) in [5, 5.41) is 1.20. The first-order chi connectivity index (χ1) is 26.8. The zero-order chi connectivity index (χ0) is 39.5. The standard InChI is InChI=1S/C39H24N4O/c1-3-12-25(13-4-1)37-40-38(42-39(41-37)31-19-11-18-30-29-17-8-10-21-35(29)44-36(30)31)26-22-23-34-32(24-26)28-16-7-9-20-33(28)43(34)27-14-5-2-6-15-27/h1-24H/i2D,5D,6D,7D,9D,14D,15D,16D,20D,22D,23D,24D. The van der Waals surface area contributed by atoms with Gasteiger partial charge in [0, 0.05) is 38.4 Å². The van der Waals surface area contributed by atoms with Crippen LogP contribution in [0.5, 0.6) is 0 Å². The van der Waals surface area contributed by atoms with E-state index in [9.17, 15) is 4.11 Å². The maximum Gasteiger partial charge on any atom is 0.167 e. The molecule has 5 heteroatoms. The fraction of sp³-hybridized carbons (Fsp3) is 0. The molecule has 0 unspecified atom stereocenters. The van der Waals surface area contributed by atoms with Gasteiger partial charge in [0.05, 0.1) is 33.0 Å². The lowest BCUT2D eigenvalue weighted by atomic mass is 10.1. The van der Waals surface area contributed by atoms with Crippen LogP contribution in [0.4, 0.5) is 0 Å². The molecule has 0 N–H and O–H groups in total. The van der Waals surface area contributed by atoms with Crippen LogP contribution in [0.25, 0.3) is 83.6 Å². The van der Waals surface area contributed by atoms with Crippen molar-refractivity contribution in [3.63, 3.8) is 0 Å². The van der Waals surface area contributed by atoms with Crippen molar-refractivity contribution in [2.24, 2.45) is 0 Å². The van der Waals surface area contributed by atoms with E-state index in [4.69, 9.17) is 31.7 Å². The quantitative estimate of drug-likeness (QED) is 0.209. The van der Waals surface area contributed by atoms with Crippen molar-refractivity contribution in [3.05, 3.63) is 145 Å². The average Bonchev–Trinajstić information content (AvgIpc) is 3.77. The monoisotopic (exact) mass is 576 g/mol. The number of furan rings is 1. The summed E-state index contributed by atoms with van der Waals surface area (Å²) in [6.45, 7) is 0. The first-order valence-electron chi connectivity index (χ1n) is 19.7. The lowest BCUT2D eigenvalue weighted by Gasteiger charge is -2.10. The molecule has 0 bridgehead atoms. The minimum Gasteiger partial charge on any atom is -0.455 e. The van der Waals surface area contributed by atoms with Crippen LogP contribution in [-0.2, 0) is 0 Å². The summed E-state index contributed by atoms with van der Waals surface area (Å²) in [7, 11) is 0. The average molecular weight is 577 g/mol. The third-order valence-corrected chi connectivity index (χ3v) is 7.40. The Morgan fingerprint density at radius 2 is 1.23 bits per heavy atom. The molecule has 3 heterocycles. The highest BCUT2D eigenvalue weighted by Crippen LogP contribution is 2.37. The highest BCUT2D eigenvalue weighted by atomic mass is 16.3. The summed E-state index contributed by atoms with van der Waals surface area (Å²) in [5.41, 5.74) is 0.759. The van der Waals surface area contributed by atoms with Gasteiger partial charge in [-0.2, -0.15) is 0 Å². The van der Waals surface area contributed by atoms with Crippen LogP contribution in [0.1, 0.15) is 16.4 Å². The van der Waals surface area contributed by atoms with E-state index in [0.29, 0.717) is 22.3 Å². The van der Waals surface area contributed by atoms with E-state index >= 15 is 0 Å². The number of aromatic nitrogens is 4. The second-order valence-electron chi connectivity index (χ2n) is 9.96. The second kappa shape index (κ2) is 9.75. The highest BCUT2D eigenvalue weighted by molar-refractivity contribution is 6.11. The van der Waals surface area contributed by atoms with Crippen LogP contribution < -0.4 is 0 Å². The molecule has 5 nitrogen and oxygen atoms in total. The van der Waals surface area contributed by atoms with Gasteiger partial charge < -0.3 is 8.98 Å². The van der Waals surface area contributed by atoms with Crippen molar-refractivity contribution in [2.45, 2.75) is 0 Å². The summed E-state index contributed by atoms with van der Waals surface area (Å²) in [5.74, 6) is 0.122. The second-order valence-corrected chi connectivity index (χ2v) is 9.96. The molecule has 0 aliphatic carbocycles. The molecule has 9 rings (SSSR count). The van der Waals surface area contributed by atoms with Gasteiger partial charge in [-0.3, -0.25) is 0 Å². The molecule has 0 saturated carbocycles. The Morgan fingerprint density at radius 1 is 0.523 bits per heavy atom. The largest absolute Gasteiger partial charge is 0.455 e. The predicted molar refractivity (Wildman–Crippen MR) is 178 cm³/mol. The van der Waals surface area contributed by atoms with Gasteiger partial charge in [-0.15, -0.1) is 0 Å². The Balaban J connectivity index is 1.43. The molecule has 6 aromatic carbocycles. The molecule has 0 saturated heterocycles. The zero-order valence-corrected chi connectivity index (χ0v) is 22.6. The van der Waals surface area contributed by atoms with E-state index in [2.05, 4.69) is 0 Å². The zero-order valence-electron chi connectivity index (χ0n) is 34.6. The third-order valence-electron chi connectivity index (χ3n) is 7.40. The molecule has 0 spiro atoms. The number of hydrogen-bond acceptors (Lipinski definition) is 4. The Hall–Kier alpha value is -6.07. The van der Waals surface area contributed by atoms with Crippen LogP contribution in [0.15, 0.2) is 150 Å². The molecule has 206 valence electrons. The lowest BCUT2D eigenvalue weighted by molar-refractivity contribution is 0.669. The molecule has 0 amide bonds. The van der Waals surface area contributed by atoms with Gasteiger partial charge in [-0.1, -0.05) is 96.9 Å². The molecule has 0 aliphatic rings. The number of benzene rings is 6. The van der Waals surface area contributed by atoms with Crippen molar-refractivity contribution < 1.29 is 20.9 Å². The molecule has 0 radical (unpaired) electrons. The maximum absolute atomic E-state index is 9.66. The fourth-order valence-corrected chi connectivity index (χ4v) is 5.45. The maximum atomic E-state index is 9.66. The minimum absolute atomic E-state index is 0.132. The number of para-hydroxylation sites is 4. The first-order valence-corrected chi connectivity index (χ1v) is 13.7. The predicted octanol–water partition coefficient (Wildman–Crippen LogP) is 9.87. The van der Waals surface area contributed by atoms with Crippen LogP contribution in [0, 0.1) is 0 Å². The molecule has 0 aliphatic heterocycles. The minimum atomic E-state index is -0.720. The summed E-state index contributed by atoms with van der Waals surface area (Å²) >= 11 is 0. The van der Waals surface area contributed by atoms with Gasteiger partial charge >= 0.3 is 0 Å². The van der Waals surface area contributed by atoms with E-state index in [1.54, 1.807) is 30.3 Å². The summed E-state index contributed by atoms with van der Waals surface area (Å²) in [6, 6.07) is 14.2. The van der Waals surface area contributed by atoms with E-state index in [0.717, 1.165) is 15.3 Å². The van der Waals surface area contributed by atoms with Gasteiger partial charge in [0.25, 0.3) is 0 Å². The molecule has 3 aromatic heterocycles. The topological polar surface area (TPSA) is 56.7 Å². The molecular formula is C39H24N4O. The number of fused-ring (bicyclic) bond motifs is 6. The van der Waals surface area contributed by atoms with Gasteiger partial charge in [0.2, 0.25) is 0 Å². The Labute approximate surface area is 269 Å². The number of nitrogens with zero attached hydrogens (tertiary/aromatic N) is 4. The smallest absolute Gasteiger partial charge is 0.167 e. The van der Waals surface area contributed by atoms with Gasteiger partial charge in [0.15, 0.2) is 17.5 Å². The summed E-state index contributed by atoms with van der Waals surface area (Å²) in [6.07, 6.45) is 0. The SMILES string of the molecule is [2H]c1c([2H])c([2H])c(-n2c3c([2H])c([2H])c([2H])c([2H])c3c3c([2H])c(-c4nc(-c5ccccc5)nc(-c5cccc6c5oc5ccccc56)n4)c([2H])c([2H])c32)c([2H])c1[2H]. The van der Waals surface area contributed by atoms with Crippen LogP contribution in [-0.4, -0.2) is 19.5 Å². The summed E-state index contributed by atoms with van der Waals surface area (Å²) in [4.78, 5) is 14.3. The highest BCUT2D eigenvalue weighted by Gasteiger charge is 2.19. The first kappa shape index (κ1) is 15.4. The third kappa shape index (κ3) is 3.83. The van der Waals surface area contributed by atoms with E-state index in [1.807, 2.05) is 42.5 Å². The van der Waals surface area contributed by atoms with Gasteiger partial charge in [0.1, 0.15) is 11.2 Å². The Bertz CT molecular complexity index is 3150. The molecule has 44 heavy (non-hydrogen) atoms. The van der Waals surface area contributed by atoms with Crippen LogP contribution in [0.3, 0.4) is 0 Å². The summed E-state index contributed by atoms with van der Waals surface area (Å²) < 4.78 is 113. The van der Waals surface area contributed by atoms with Gasteiger partial charge in [-0.25, -0.2) is 15.0 Å². The Kier molecular flexibility index (Phi) is 3.42. The van der Waals surface area contributed by atoms with E-state index < -0.39 is 78.2 Å².